The summed E-state index contributed by atoms with van der Waals surface area (Å²) in [5, 5.41) is 3.40. The standard InChI is InChI=1S/C48H35BrClNSi/c49-40-24-16-25-41(34-40)51(48-46(37-20-8-2-9-21-37)30-17-31-47(48)38-22-10-3-11-23-38)42-32-39(36-18-6-1-7-19-36)33-45(35-42)52(50,43-26-12-4-13-27-43)44-28-14-5-15-29-44/h1-35H. The third-order valence-electron chi connectivity index (χ3n) is 9.52. The molecule has 8 rings (SSSR count). The number of anilines is 3. The Hall–Kier alpha value is -5.45. The predicted molar refractivity (Wildman–Crippen MR) is 229 cm³/mol. The van der Waals surface area contributed by atoms with Gasteiger partial charge >= 0.3 is 0 Å². The van der Waals surface area contributed by atoms with Crippen molar-refractivity contribution in [3.63, 3.8) is 0 Å². The van der Waals surface area contributed by atoms with Gasteiger partial charge in [0.15, 0.2) is 0 Å². The second-order valence-electron chi connectivity index (χ2n) is 12.8. The van der Waals surface area contributed by atoms with Crippen LogP contribution in [0.3, 0.4) is 0 Å². The number of hydrogen-bond donors (Lipinski definition) is 0. The van der Waals surface area contributed by atoms with Gasteiger partial charge < -0.3 is 4.90 Å². The van der Waals surface area contributed by atoms with Gasteiger partial charge in [0.05, 0.1) is 5.69 Å². The maximum absolute atomic E-state index is 8.24. The molecule has 0 aromatic heterocycles. The normalized spacial score (nSPS) is 11.3. The van der Waals surface area contributed by atoms with E-state index in [0.29, 0.717) is 0 Å². The summed E-state index contributed by atoms with van der Waals surface area (Å²) >= 11 is 12.1. The molecule has 0 radical (unpaired) electrons. The van der Waals surface area contributed by atoms with E-state index in [1.54, 1.807) is 0 Å². The molecule has 250 valence electrons. The molecule has 0 saturated heterocycles. The molecule has 4 heteroatoms. The summed E-state index contributed by atoms with van der Waals surface area (Å²) in [4.78, 5) is 2.42. The van der Waals surface area contributed by atoms with E-state index in [1.807, 2.05) is 0 Å². The van der Waals surface area contributed by atoms with Crippen LogP contribution >= 0.6 is 27.0 Å². The molecule has 0 fully saturated rings. The van der Waals surface area contributed by atoms with Crippen molar-refractivity contribution in [3.05, 3.63) is 217 Å². The van der Waals surface area contributed by atoms with Gasteiger partial charge in [0, 0.05) is 27.0 Å². The molecule has 0 saturated carbocycles. The van der Waals surface area contributed by atoms with Crippen molar-refractivity contribution in [2.75, 3.05) is 4.90 Å². The lowest BCUT2D eigenvalue weighted by molar-refractivity contribution is 1.28. The fourth-order valence-electron chi connectivity index (χ4n) is 7.08. The van der Waals surface area contributed by atoms with Gasteiger partial charge in [-0.2, -0.15) is 0 Å². The highest BCUT2D eigenvalue weighted by Crippen LogP contribution is 2.47. The van der Waals surface area contributed by atoms with Crippen molar-refractivity contribution in [1.82, 2.24) is 0 Å². The van der Waals surface area contributed by atoms with Gasteiger partial charge in [0.1, 0.15) is 0 Å². The van der Waals surface area contributed by atoms with Crippen LogP contribution in [-0.2, 0) is 0 Å². The van der Waals surface area contributed by atoms with E-state index in [1.165, 1.54) is 0 Å². The van der Waals surface area contributed by atoms with Crippen LogP contribution in [0.5, 0.6) is 0 Å². The monoisotopic (exact) mass is 767 g/mol. The first-order valence-corrected chi connectivity index (χ1v) is 21.2. The Morgan fingerprint density at radius 2 is 0.827 bits per heavy atom. The molecular weight excluding hydrogens is 734 g/mol. The molecular formula is C48H35BrClNSi. The minimum absolute atomic E-state index is 1.00. The summed E-state index contributed by atoms with van der Waals surface area (Å²) in [6.45, 7) is 0. The lowest BCUT2D eigenvalue weighted by Gasteiger charge is -2.33. The van der Waals surface area contributed by atoms with Crippen molar-refractivity contribution < 1.29 is 0 Å². The Kier molecular flexibility index (Phi) is 9.73. The zero-order chi connectivity index (χ0) is 35.3. The van der Waals surface area contributed by atoms with Crippen LogP contribution in [0.25, 0.3) is 33.4 Å². The Balaban J connectivity index is 1.49. The third-order valence-corrected chi connectivity index (χ3v) is 15.3. The quantitative estimate of drug-likeness (QED) is 0.0803. The van der Waals surface area contributed by atoms with Crippen LogP contribution in [-0.4, -0.2) is 7.38 Å². The molecule has 0 spiro atoms. The fourth-order valence-corrected chi connectivity index (χ4v) is 11.6. The van der Waals surface area contributed by atoms with Crippen molar-refractivity contribution in [1.29, 1.82) is 0 Å². The highest BCUT2D eigenvalue weighted by Gasteiger charge is 2.39. The molecule has 1 nitrogen and oxygen atoms in total. The number of halogens is 2. The number of rotatable bonds is 9. The molecule has 0 aliphatic carbocycles. The Bertz CT molecular complexity index is 2320. The minimum Gasteiger partial charge on any atom is -0.309 e. The van der Waals surface area contributed by atoms with Gasteiger partial charge in [-0.1, -0.05) is 198 Å². The maximum Gasteiger partial charge on any atom is 0.248 e. The van der Waals surface area contributed by atoms with E-state index in [-0.39, 0.29) is 0 Å². The molecule has 0 aliphatic heterocycles. The van der Waals surface area contributed by atoms with Crippen LogP contribution in [0.4, 0.5) is 17.1 Å². The molecule has 0 N–H and O–H groups in total. The van der Waals surface area contributed by atoms with E-state index >= 15 is 0 Å². The second kappa shape index (κ2) is 15.0. The van der Waals surface area contributed by atoms with Gasteiger partial charge in [0.25, 0.3) is 0 Å². The van der Waals surface area contributed by atoms with Gasteiger partial charge in [-0.15, -0.1) is 11.1 Å². The molecule has 0 heterocycles. The molecule has 0 amide bonds. The molecule has 52 heavy (non-hydrogen) atoms. The molecule has 8 aromatic carbocycles. The van der Waals surface area contributed by atoms with Crippen molar-refractivity contribution in [3.8, 4) is 33.4 Å². The zero-order valence-corrected chi connectivity index (χ0v) is 31.8. The van der Waals surface area contributed by atoms with Crippen LogP contribution in [0.1, 0.15) is 0 Å². The third kappa shape index (κ3) is 6.67. The number of benzene rings is 8. The first kappa shape index (κ1) is 33.7. The molecule has 8 aromatic rings. The first-order valence-electron chi connectivity index (χ1n) is 17.4. The molecule has 0 bridgehead atoms. The van der Waals surface area contributed by atoms with E-state index in [2.05, 4.69) is 233 Å². The van der Waals surface area contributed by atoms with E-state index < -0.39 is 7.38 Å². The summed E-state index contributed by atoms with van der Waals surface area (Å²) in [5.41, 5.74) is 9.95. The summed E-state index contributed by atoms with van der Waals surface area (Å²) in [5.74, 6) is 0. The zero-order valence-electron chi connectivity index (χ0n) is 28.4. The number of para-hydroxylation sites is 1. The molecule has 0 aliphatic rings. The maximum atomic E-state index is 8.24. The number of nitrogens with zero attached hydrogens (tertiary/aromatic N) is 1. The van der Waals surface area contributed by atoms with Crippen molar-refractivity contribution in [2.24, 2.45) is 0 Å². The Morgan fingerprint density at radius 3 is 1.33 bits per heavy atom. The van der Waals surface area contributed by atoms with E-state index in [9.17, 15) is 0 Å². The van der Waals surface area contributed by atoms with Gasteiger partial charge in [-0.25, -0.2) is 0 Å². The summed E-state index contributed by atoms with van der Waals surface area (Å²) < 4.78 is 1.00. The Labute approximate surface area is 320 Å². The average molecular weight is 769 g/mol. The lowest BCUT2D eigenvalue weighted by atomic mass is 9.94. The van der Waals surface area contributed by atoms with Crippen LogP contribution in [0, 0.1) is 0 Å². The summed E-state index contributed by atoms with van der Waals surface area (Å²) in [6.07, 6.45) is 0. The summed E-state index contributed by atoms with van der Waals surface area (Å²) in [7, 11) is -3.05. The molecule has 0 atom stereocenters. The molecule has 0 unspecified atom stereocenters. The SMILES string of the molecule is Cl[Si](c1ccccc1)(c1ccccc1)c1cc(-c2ccccc2)cc(N(c2cccc(Br)c2)c2c(-c3ccccc3)cccc2-c2ccccc2)c1. The van der Waals surface area contributed by atoms with E-state index in [0.717, 1.165) is 70.5 Å². The van der Waals surface area contributed by atoms with Gasteiger partial charge in [-0.3, -0.25) is 0 Å². The van der Waals surface area contributed by atoms with Crippen LogP contribution in [0.2, 0.25) is 0 Å². The average Bonchev–Trinajstić information content (AvgIpc) is 3.22. The van der Waals surface area contributed by atoms with Gasteiger partial charge in [0.2, 0.25) is 7.38 Å². The number of hydrogen-bond acceptors (Lipinski definition) is 1. The highest BCUT2D eigenvalue weighted by atomic mass is 79.9. The minimum atomic E-state index is -3.05. The second-order valence-corrected chi connectivity index (χ2v) is 18.4. The van der Waals surface area contributed by atoms with E-state index in [4.69, 9.17) is 11.1 Å². The van der Waals surface area contributed by atoms with Gasteiger partial charge in [-0.05, 0) is 68.1 Å². The highest BCUT2D eigenvalue weighted by molar-refractivity contribution is 9.10. The van der Waals surface area contributed by atoms with Crippen LogP contribution in [0.15, 0.2) is 217 Å². The first-order chi connectivity index (χ1) is 25.6. The fraction of sp³-hybridized carbons (Fsp3) is 0. The summed E-state index contributed by atoms with van der Waals surface area (Å²) in [6, 6.07) is 75.4. The van der Waals surface area contributed by atoms with Crippen molar-refractivity contribution in [2.45, 2.75) is 0 Å². The topological polar surface area (TPSA) is 3.24 Å². The smallest absolute Gasteiger partial charge is 0.248 e. The Morgan fingerprint density at radius 1 is 0.365 bits per heavy atom. The predicted octanol–water partition coefficient (Wildman–Crippen LogP) is 12.1. The largest absolute Gasteiger partial charge is 0.309 e. The van der Waals surface area contributed by atoms with Crippen molar-refractivity contribution >= 4 is 67.0 Å². The van der Waals surface area contributed by atoms with Crippen LogP contribution < -0.4 is 20.5 Å². The lowest BCUT2D eigenvalue weighted by Crippen LogP contribution is -2.62.